The second-order valence-electron chi connectivity index (χ2n) is 5.23. The quantitative estimate of drug-likeness (QED) is 0.759. The summed E-state index contributed by atoms with van der Waals surface area (Å²) in [5, 5.41) is 6.90. The molecule has 24 heavy (non-hydrogen) atoms. The molecule has 2 aromatic carbocycles. The van der Waals surface area contributed by atoms with Gasteiger partial charge in [0.15, 0.2) is 5.11 Å². The largest absolute Gasteiger partial charge is 0.435 e. The van der Waals surface area contributed by atoms with Crippen molar-refractivity contribution in [1.82, 2.24) is 5.32 Å². The average molecular weight is 366 g/mol. The smallest absolute Gasteiger partial charge is 0.387 e. The Kier molecular flexibility index (Phi) is 5.52. The number of fused-ring (bicyclic) bond motifs is 1. The summed E-state index contributed by atoms with van der Waals surface area (Å²) in [6.07, 6.45) is 0.991. The van der Waals surface area contributed by atoms with Crippen molar-refractivity contribution in [2.24, 2.45) is 0 Å². The van der Waals surface area contributed by atoms with Crippen molar-refractivity contribution in [1.29, 1.82) is 0 Å². The lowest BCUT2D eigenvalue weighted by Gasteiger charge is -2.27. The van der Waals surface area contributed by atoms with Gasteiger partial charge in [-0.2, -0.15) is 8.78 Å². The standard InChI is InChI=1S/C17H16F2N2OS2/c18-16(19)22-12-7-5-11(6-8-12)20-17(23)21-14-9-10-24-15-4-2-1-3-13(14)15/h1-8,14,16H,9-10H2,(H2,20,21,23)/t14-/m0/s1. The maximum atomic E-state index is 12.1. The fraction of sp³-hybridized carbons (Fsp3) is 0.235. The lowest BCUT2D eigenvalue weighted by Crippen LogP contribution is -2.33. The highest BCUT2D eigenvalue weighted by Gasteiger charge is 2.20. The van der Waals surface area contributed by atoms with Gasteiger partial charge in [-0.15, -0.1) is 11.8 Å². The molecule has 2 aromatic rings. The molecule has 0 radical (unpaired) electrons. The van der Waals surface area contributed by atoms with Gasteiger partial charge >= 0.3 is 6.61 Å². The highest BCUT2D eigenvalue weighted by molar-refractivity contribution is 7.99. The molecule has 0 aromatic heterocycles. The molecule has 3 nitrogen and oxygen atoms in total. The van der Waals surface area contributed by atoms with Crippen LogP contribution in [0.3, 0.4) is 0 Å². The van der Waals surface area contributed by atoms with Crippen molar-refractivity contribution in [3.05, 3.63) is 54.1 Å². The summed E-state index contributed by atoms with van der Waals surface area (Å²) in [5.74, 6) is 1.16. The van der Waals surface area contributed by atoms with Crippen molar-refractivity contribution in [2.75, 3.05) is 11.1 Å². The molecule has 0 fully saturated rings. The molecule has 126 valence electrons. The predicted octanol–water partition coefficient (Wildman–Crippen LogP) is 4.81. The first-order valence-electron chi connectivity index (χ1n) is 7.46. The third-order valence-electron chi connectivity index (χ3n) is 3.60. The lowest BCUT2D eigenvalue weighted by atomic mass is 10.0. The number of rotatable bonds is 4. The number of anilines is 1. The van der Waals surface area contributed by atoms with Gasteiger partial charge in [0.25, 0.3) is 0 Å². The van der Waals surface area contributed by atoms with E-state index in [1.807, 2.05) is 23.9 Å². The van der Waals surface area contributed by atoms with Crippen LogP contribution in [0.25, 0.3) is 0 Å². The molecule has 7 heteroatoms. The molecule has 0 amide bonds. The van der Waals surface area contributed by atoms with Crippen LogP contribution in [0.1, 0.15) is 18.0 Å². The molecule has 1 aliphatic heterocycles. The predicted molar refractivity (Wildman–Crippen MR) is 97.0 cm³/mol. The number of nitrogens with one attached hydrogen (secondary N) is 2. The minimum absolute atomic E-state index is 0.118. The van der Waals surface area contributed by atoms with Crippen LogP contribution >= 0.6 is 24.0 Å². The molecule has 0 spiro atoms. The third kappa shape index (κ3) is 4.36. The summed E-state index contributed by atoms with van der Waals surface area (Å²) < 4.78 is 28.6. The first kappa shape index (κ1) is 17.0. The summed E-state index contributed by atoms with van der Waals surface area (Å²) in [6.45, 7) is -2.82. The van der Waals surface area contributed by atoms with Crippen molar-refractivity contribution in [2.45, 2.75) is 24.0 Å². The van der Waals surface area contributed by atoms with Crippen LogP contribution in [-0.2, 0) is 0 Å². The molecule has 0 saturated carbocycles. The van der Waals surface area contributed by atoms with Crippen molar-refractivity contribution in [3.8, 4) is 5.75 Å². The highest BCUT2D eigenvalue weighted by atomic mass is 32.2. The van der Waals surface area contributed by atoms with E-state index in [4.69, 9.17) is 12.2 Å². The Balaban J connectivity index is 1.60. The molecule has 3 rings (SSSR count). The Hall–Kier alpha value is -1.86. The summed E-state index contributed by atoms with van der Waals surface area (Å²) >= 11 is 7.22. The van der Waals surface area contributed by atoms with Crippen LogP contribution < -0.4 is 15.4 Å². The number of thioether (sulfide) groups is 1. The van der Waals surface area contributed by atoms with Crippen LogP contribution in [0.5, 0.6) is 5.75 Å². The van der Waals surface area contributed by atoms with Crippen LogP contribution in [0.2, 0.25) is 0 Å². The van der Waals surface area contributed by atoms with E-state index in [0.717, 1.165) is 12.2 Å². The van der Waals surface area contributed by atoms with E-state index in [1.54, 1.807) is 12.1 Å². The van der Waals surface area contributed by atoms with E-state index in [2.05, 4.69) is 27.5 Å². The van der Waals surface area contributed by atoms with Gasteiger partial charge < -0.3 is 15.4 Å². The van der Waals surface area contributed by atoms with Gasteiger partial charge in [-0.05, 0) is 54.5 Å². The van der Waals surface area contributed by atoms with Gasteiger partial charge in [-0.3, -0.25) is 0 Å². The first-order chi connectivity index (χ1) is 11.6. The molecule has 0 saturated heterocycles. The maximum Gasteiger partial charge on any atom is 0.387 e. The Morgan fingerprint density at radius 1 is 1.17 bits per heavy atom. The Labute approximate surface area is 148 Å². The summed E-state index contributed by atoms with van der Waals surface area (Å²) in [4.78, 5) is 1.28. The maximum absolute atomic E-state index is 12.1. The Morgan fingerprint density at radius 2 is 1.92 bits per heavy atom. The van der Waals surface area contributed by atoms with Crippen LogP contribution in [0, 0.1) is 0 Å². The first-order valence-corrected chi connectivity index (χ1v) is 8.85. The molecule has 0 unspecified atom stereocenters. The van der Waals surface area contributed by atoms with Gasteiger partial charge in [0.2, 0.25) is 0 Å². The fourth-order valence-corrected chi connectivity index (χ4v) is 3.92. The SMILES string of the molecule is FC(F)Oc1ccc(NC(=S)N[C@H]2CCSc3ccccc32)cc1. The summed E-state index contributed by atoms with van der Waals surface area (Å²) in [6, 6.07) is 14.7. The van der Waals surface area contributed by atoms with Crippen molar-refractivity contribution < 1.29 is 13.5 Å². The number of thiocarbonyl (C=S) groups is 1. The van der Waals surface area contributed by atoms with Gasteiger partial charge in [-0.25, -0.2) is 0 Å². The zero-order valence-electron chi connectivity index (χ0n) is 12.7. The molecule has 1 heterocycles. The Morgan fingerprint density at radius 3 is 2.67 bits per heavy atom. The second-order valence-corrected chi connectivity index (χ2v) is 6.77. The van der Waals surface area contributed by atoms with E-state index >= 15 is 0 Å². The van der Waals surface area contributed by atoms with Gasteiger partial charge in [-0.1, -0.05) is 18.2 Å². The molecule has 0 aliphatic carbocycles. The Bertz CT molecular complexity index is 710. The van der Waals surface area contributed by atoms with Crippen LogP contribution in [0.4, 0.5) is 14.5 Å². The molecule has 0 bridgehead atoms. The van der Waals surface area contributed by atoms with Crippen molar-refractivity contribution >= 4 is 34.8 Å². The van der Waals surface area contributed by atoms with Crippen LogP contribution in [0.15, 0.2) is 53.4 Å². The average Bonchev–Trinajstić information content (AvgIpc) is 2.56. The molecular formula is C17H16F2N2OS2. The minimum Gasteiger partial charge on any atom is -0.435 e. The minimum atomic E-state index is -2.82. The number of alkyl halides is 2. The van der Waals surface area contributed by atoms with E-state index in [0.29, 0.717) is 10.8 Å². The molecule has 1 atom stereocenters. The van der Waals surface area contributed by atoms with E-state index < -0.39 is 6.61 Å². The fourth-order valence-electron chi connectivity index (χ4n) is 2.54. The van der Waals surface area contributed by atoms with Gasteiger partial charge in [0, 0.05) is 16.3 Å². The molecular weight excluding hydrogens is 350 g/mol. The van der Waals surface area contributed by atoms with Gasteiger partial charge in [0.05, 0.1) is 6.04 Å². The van der Waals surface area contributed by atoms with E-state index in [1.165, 1.54) is 22.6 Å². The number of halogens is 2. The van der Waals surface area contributed by atoms with E-state index in [-0.39, 0.29) is 11.8 Å². The monoisotopic (exact) mass is 366 g/mol. The zero-order valence-corrected chi connectivity index (χ0v) is 14.3. The number of hydrogen-bond acceptors (Lipinski definition) is 3. The summed E-state index contributed by atoms with van der Waals surface area (Å²) in [7, 11) is 0. The number of benzene rings is 2. The zero-order chi connectivity index (χ0) is 16.9. The second kappa shape index (κ2) is 7.81. The molecule has 1 aliphatic rings. The molecule has 2 N–H and O–H groups in total. The van der Waals surface area contributed by atoms with Crippen LogP contribution in [-0.4, -0.2) is 17.5 Å². The topological polar surface area (TPSA) is 33.3 Å². The number of hydrogen-bond donors (Lipinski definition) is 2. The normalized spacial score (nSPS) is 16.4. The summed E-state index contributed by atoms with van der Waals surface area (Å²) in [5.41, 5.74) is 1.96. The van der Waals surface area contributed by atoms with E-state index in [9.17, 15) is 8.78 Å². The van der Waals surface area contributed by atoms with Crippen molar-refractivity contribution in [3.63, 3.8) is 0 Å². The van der Waals surface area contributed by atoms with Gasteiger partial charge in [0.1, 0.15) is 5.75 Å². The lowest BCUT2D eigenvalue weighted by molar-refractivity contribution is -0.0498. The third-order valence-corrected chi connectivity index (χ3v) is 4.94. The number of ether oxygens (including phenoxy) is 1. The highest BCUT2D eigenvalue weighted by Crippen LogP contribution is 2.35.